The van der Waals surface area contributed by atoms with E-state index in [4.69, 9.17) is 9.47 Å². The number of hydrogen-bond acceptors (Lipinski definition) is 5. The molecule has 2 atom stereocenters. The van der Waals surface area contributed by atoms with Gasteiger partial charge in [-0.15, -0.1) is 11.8 Å². The molecule has 3 rings (SSSR count). The van der Waals surface area contributed by atoms with Gasteiger partial charge in [0.15, 0.2) is 0 Å². The Bertz CT molecular complexity index is 1040. The van der Waals surface area contributed by atoms with Crippen LogP contribution in [-0.4, -0.2) is 35.6 Å². The zero-order valence-corrected chi connectivity index (χ0v) is 20.6. The average Bonchev–Trinajstić information content (AvgIpc) is 2.89. The van der Waals surface area contributed by atoms with Crippen LogP contribution in [0, 0.1) is 0 Å². The second-order valence-corrected chi connectivity index (χ2v) is 9.40. The van der Waals surface area contributed by atoms with Crippen molar-refractivity contribution < 1.29 is 24.2 Å². The lowest BCUT2D eigenvalue weighted by atomic mass is 10.0. The summed E-state index contributed by atoms with van der Waals surface area (Å²) >= 11 is 1.44. The summed E-state index contributed by atoms with van der Waals surface area (Å²) < 4.78 is 10.5. The molecule has 2 N–H and O–H groups in total. The van der Waals surface area contributed by atoms with Crippen LogP contribution >= 0.6 is 11.8 Å². The molecule has 1 unspecified atom stereocenters. The van der Waals surface area contributed by atoms with Crippen molar-refractivity contribution in [1.82, 2.24) is 5.32 Å². The maximum Gasteiger partial charge on any atom is 0.408 e. The smallest absolute Gasteiger partial charge is 0.408 e. The fraction of sp³-hybridized carbons (Fsp3) is 0.286. The van der Waals surface area contributed by atoms with Crippen LogP contribution in [0.25, 0.3) is 0 Å². The quantitative estimate of drug-likeness (QED) is 0.226. The summed E-state index contributed by atoms with van der Waals surface area (Å²) in [7, 11) is 1.60. The molecule has 0 aromatic heterocycles. The van der Waals surface area contributed by atoms with Crippen LogP contribution in [0.3, 0.4) is 0 Å². The van der Waals surface area contributed by atoms with Crippen molar-refractivity contribution in [3.63, 3.8) is 0 Å². The molecule has 0 heterocycles. The largest absolute Gasteiger partial charge is 0.497 e. The maximum absolute atomic E-state index is 12.5. The van der Waals surface area contributed by atoms with E-state index in [1.807, 2.05) is 72.8 Å². The minimum atomic E-state index is -1.10. The lowest BCUT2D eigenvalue weighted by molar-refractivity contribution is -0.139. The number of thioether (sulfide) groups is 1. The van der Waals surface area contributed by atoms with Crippen molar-refractivity contribution in [2.75, 3.05) is 7.11 Å². The number of methoxy groups -OCH3 is 1. The number of ether oxygens (including phenoxy) is 2. The highest BCUT2D eigenvalue weighted by Gasteiger charge is 2.31. The number of aryl methyl sites for hydroxylation is 1. The fourth-order valence-corrected chi connectivity index (χ4v) is 4.90. The maximum atomic E-state index is 12.5. The topological polar surface area (TPSA) is 84.9 Å². The minimum Gasteiger partial charge on any atom is -0.497 e. The third kappa shape index (κ3) is 9.02. The van der Waals surface area contributed by atoms with Crippen LogP contribution in [0.4, 0.5) is 4.79 Å². The lowest BCUT2D eigenvalue weighted by Gasteiger charge is -2.24. The van der Waals surface area contributed by atoms with E-state index in [9.17, 15) is 14.7 Å². The summed E-state index contributed by atoms with van der Waals surface area (Å²) in [6.45, 7) is 0.0758. The summed E-state index contributed by atoms with van der Waals surface area (Å²) in [4.78, 5) is 25.6. The van der Waals surface area contributed by atoms with Gasteiger partial charge in [0, 0.05) is 10.1 Å². The summed E-state index contributed by atoms with van der Waals surface area (Å²) in [5, 5.41) is 12.2. The molecule has 0 aliphatic rings. The first-order chi connectivity index (χ1) is 17.0. The van der Waals surface area contributed by atoms with E-state index in [2.05, 4.69) is 17.4 Å². The molecule has 0 aliphatic carbocycles. The zero-order chi connectivity index (χ0) is 24.9. The summed E-state index contributed by atoms with van der Waals surface area (Å²) in [5.74, 6) is -0.359. The van der Waals surface area contributed by atoms with E-state index >= 15 is 0 Å². The Morgan fingerprint density at radius 2 is 1.51 bits per heavy atom. The number of benzene rings is 3. The van der Waals surface area contributed by atoms with E-state index in [0.717, 1.165) is 35.5 Å². The molecule has 0 bridgehead atoms. The van der Waals surface area contributed by atoms with E-state index in [1.165, 1.54) is 17.3 Å². The van der Waals surface area contributed by atoms with E-state index in [-0.39, 0.29) is 11.9 Å². The first-order valence-electron chi connectivity index (χ1n) is 11.6. The van der Waals surface area contributed by atoms with Gasteiger partial charge >= 0.3 is 12.1 Å². The highest BCUT2D eigenvalue weighted by molar-refractivity contribution is 8.00. The molecular formula is C28H31NO5S. The average molecular weight is 494 g/mol. The number of rotatable bonds is 13. The van der Waals surface area contributed by atoms with Crippen molar-refractivity contribution >= 4 is 23.8 Å². The molecule has 184 valence electrons. The molecule has 35 heavy (non-hydrogen) atoms. The lowest BCUT2D eigenvalue weighted by Crippen LogP contribution is -2.47. The van der Waals surface area contributed by atoms with Gasteiger partial charge in [-0.2, -0.15) is 0 Å². The Morgan fingerprint density at radius 3 is 2.11 bits per heavy atom. The molecule has 3 aromatic carbocycles. The zero-order valence-electron chi connectivity index (χ0n) is 19.8. The number of alkyl carbamates (subject to hydrolysis) is 1. The predicted octanol–water partition coefficient (Wildman–Crippen LogP) is 5.95. The number of carboxylic acid groups (broad SMARTS) is 1. The van der Waals surface area contributed by atoms with Crippen molar-refractivity contribution in [3.05, 3.63) is 96.1 Å². The Balaban J connectivity index is 1.64. The fourth-order valence-electron chi connectivity index (χ4n) is 3.65. The molecule has 6 nitrogen and oxygen atoms in total. The van der Waals surface area contributed by atoms with Gasteiger partial charge < -0.3 is 19.9 Å². The Kier molecular flexibility index (Phi) is 10.5. The second kappa shape index (κ2) is 14.1. The monoisotopic (exact) mass is 493 g/mol. The SMILES string of the molecule is COc1ccc(S[C@H](CCCCc2ccccc2)C(NC(=O)OCc2ccccc2)C(=O)O)cc1. The summed E-state index contributed by atoms with van der Waals surface area (Å²) in [6, 6.07) is 25.9. The number of nitrogens with one attached hydrogen (secondary N) is 1. The van der Waals surface area contributed by atoms with Gasteiger partial charge in [-0.3, -0.25) is 0 Å². The van der Waals surface area contributed by atoms with E-state index in [1.54, 1.807) is 7.11 Å². The standard InChI is InChI=1S/C28H31NO5S/c1-33-23-16-18-24(19-17-23)35-25(15-9-8-12-21-10-4-2-5-11-21)26(27(30)31)29-28(32)34-20-22-13-6-3-7-14-22/h2-7,10-11,13-14,16-19,25-26H,8-9,12,15,20H2,1H3,(H,29,32)(H,30,31)/t25-,26?/m1/s1. The van der Waals surface area contributed by atoms with Crippen LogP contribution < -0.4 is 10.1 Å². The Hall–Kier alpha value is -3.45. The highest BCUT2D eigenvalue weighted by Crippen LogP contribution is 2.31. The number of unbranched alkanes of at least 4 members (excludes halogenated alkanes) is 1. The van der Waals surface area contributed by atoms with Crippen LogP contribution in [0.15, 0.2) is 89.8 Å². The molecule has 3 aromatic rings. The van der Waals surface area contributed by atoms with Crippen molar-refractivity contribution in [2.45, 2.75) is 48.5 Å². The third-order valence-electron chi connectivity index (χ3n) is 5.52. The van der Waals surface area contributed by atoms with Gasteiger partial charge in [0.05, 0.1) is 7.11 Å². The molecule has 0 saturated carbocycles. The third-order valence-corrected chi connectivity index (χ3v) is 6.87. The Labute approximate surface area is 210 Å². The second-order valence-electron chi connectivity index (χ2n) is 8.09. The molecule has 0 saturated heterocycles. The molecule has 1 amide bonds. The number of amides is 1. The molecule has 0 aliphatic heterocycles. The molecule has 7 heteroatoms. The Morgan fingerprint density at radius 1 is 0.886 bits per heavy atom. The number of carboxylic acids is 1. The van der Waals surface area contributed by atoms with Gasteiger partial charge in [0.1, 0.15) is 18.4 Å². The van der Waals surface area contributed by atoms with Crippen LogP contribution in [0.5, 0.6) is 5.75 Å². The number of carbonyl (C=O) groups excluding carboxylic acids is 1. The van der Waals surface area contributed by atoms with E-state index < -0.39 is 18.1 Å². The van der Waals surface area contributed by atoms with Crippen molar-refractivity contribution in [2.24, 2.45) is 0 Å². The summed E-state index contributed by atoms with van der Waals surface area (Å²) in [5.41, 5.74) is 2.09. The van der Waals surface area contributed by atoms with Gasteiger partial charge in [-0.1, -0.05) is 67.1 Å². The van der Waals surface area contributed by atoms with Gasteiger partial charge in [-0.05, 0) is 54.7 Å². The number of hydrogen-bond donors (Lipinski definition) is 2. The van der Waals surface area contributed by atoms with Gasteiger partial charge in [0.25, 0.3) is 0 Å². The highest BCUT2D eigenvalue weighted by atomic mass is 32.2. The number of carbonyl (C=O) groups is 2. The minimum absolute atomic E-state index is 0.0758. The van der Waals surface area contributed by atoms with Crippen molar-refractivity contribution in [3.8, 4) is 5.75 Å². The normalized spacial score (nSPS) is 12.4. The van der Waals surface area contributed by atoms with Gasteiger partial charge in [0.2, 0.25) is 0 Å². The molecule has 0 fully saturated rings. The van der Waals surface area contributed by atoms with Crippen LogP contribution in [0.1, 0.15) is 30.4 Å². The van der Waals surface area contributed by atoms with Crippen molar-refractivity contribution in [1.29, 1.82) is 0 Å². The molecular weight excluding hydrogens is 462 g/mol. The molecule has 0 radical (unpaired) electrons. The van der Waals surface area contributed by atoms with Crippen LogP contribution in [0.2, 0.25) is 0 Å². The van der Waals surface area contributed by atoms with E-state index in [0.29, 0.717) is 6.42 Å². The van der Waals surface area contributed by atoms with Crippen LogP contribution in [-0.2, 0) is 22.6 Å². The first kappa shape index (κ1) is 26.2. The number of aliphatic carboxylic acids is 1. The molecule has 0 spiro atoms. The summed E-state index contributed by atoms with van der Waals surface area (Å²) in [6.07, 6.45) is 2.55. The van der Waals surface area contributed by atoms with Gasteiger partial charge in [-0.25, -0.2) is 9.59 Å². The predicted molar refractivity (Wildman–Crippen MR) is 138 cm³/mol. The first-order valence-corrected chi connectivity index (χ1v) is 12.5.